The van der Waals surface area contributed by atoms with Gasteiger partial charge in [0, 0.05) is 52.5 Å². The average Bonchev–Trinajstić information content (AvgIpc) is 3.90. The van der Waals surface area contributed by atoms with Crippen molar-refractivity contribution in [2.24, 2.45) is 38.2 Å². The summed E-state index contributed by atoms with van der Waals surface area (Å²) < 4.78 is 12.4. The molecule has 2 heterocycles. The van der Waals surface area contributed by atoms with Gasteiger partial charge in [-0.15, -0.1) is 0 Å². The summed E-state index contributed by atoms with van der Waals surface area (Å²) >= 11 is 7.07. The molecule has 4 spiro atoms. The first-order valence-corrected chi connectivity index (χ1v) is 21.4. The number of thioether (sulfide) groups is 2. The second-order valence-electron chi connectivity index (χ2n) is 15.8. The Hall–Kier alpha value is -1.96. The van der Waals surface area contributed by atoms with E-state index >= 15 is 0 Å². The number of hydrogen-bond acceptors (Lipinski definition) is 8. The fraction of sp³-hybridized carbons (Fsp3) is 0.610. The van der Waals surface area contributed by atoms with Crippen LogP contribution in [0.4, 0.5) is 0 Å². The van der Waals surface area contributed by atoms with E-state index in [1.165, 1.54) is 60.8 Å². The molecule has 0 bridgehead atoms. The zero-order valence-electron chi connectivity index (χ0n) is 29.6. The summed E-state index contributed by atoms with van der Waals surface area (Å²) in [5.41, 5.74) is 19.5. The van der Waals surface area contributed by atoms with Crippen molar-refractivity contribution in [3.8, 4) is 11.8 Å². The van der Waals surface area contributed by atoms with Gasteiger partial charge in [-0.05, 0) is 136 Å². The van der Waals surface area contributed by atoms with Crippen LogP contribution < -0.4 is 11.5 Å². The number of benzene rings is 2. The highest BCUT2D eigenvalue weighted by Crippen LogP contribution is 2.64. The van der Waals surface area contributed by atoms with Crippen LogP contribution in [0.15, 0.2) is 50.9 Å². The Bertz CT molecular complexity index is 1750. The third kappa shape index (κ3) is 6.07. The molecule has 9 heteroatoms. The summed E-state index contributed by atoms with van der Waals surface area (Å²) in [5.74, 6) is 9.59. The van der Waals surface area contributed by atoms with E-state index in [4.69, 9.17) is 30.9 Å². The summed E-state index contributed by atoms with van der Waals surface area (Å²) in [5, 5.41) is 1.52. The molecule has 0 radical (unpaired) electrons. The number of nitrogens with two attached hydrogens (primary N) is 2. The minimum atomic E-state index is -0.159. The Morgan fingerprint density at radius 3 is 1.68 bits per heavy atom. The van der Waals surface area contributed by atoms with Gasteiger partial charge in [0.1, 0.15) is 0 Å². The van der Waals surface area contributed by atoms with Gasteiger partial charge in [0.05, 0.1) is 23.3 Å². The fourth-order valence-electron chi connectivity index (χ4n) is 10.5. The van der Waals surface area contributed by atoms with Crippen LogP contribution in [0.2, 0.25) is 0 Å². The molecular formula is C41H51BrN4O2S2. The van der Waals surface area contributed by atoms with E-state index in [2.05, 4.69) is 64.2 Å². The third-order valence-corrected chi connectivity index (χ3v) is 15.4. The SMILES string of the molecule is COC1CCC2(CC1)Cc1ccc(Br)cc1C21CCSC(N)=N1.COC1CCC2(CC1)Cc1ccc(C#CC3CC3)cc1C21CCSC(N)=N1. The minimum Gasteiger partial charge on any atom is -0.381 e. The van der Waals surface area contributed by atoms with E-state index in [-0.39, 0.29) is 21.9 Å². The number of fused-ring (bicyclic) bond motifs is 6. The second kappa shape index (κ2) is 13.8. The van der Waals surface area contributed by atoms with Crippen LogP contribution in [-0.2, 0) is 33.4 Å². The first-order valence-electron chi connectivity index (χ1n) is 18.7. The van der Waals surface area contributed by atoms with Gasteiger partial charge < -0.3 is 20.9 Å². The van der Waals surface area contributed by atoms with Crippen molar-refractivity contribution in [2.45, 2.75) is 113 Å². The zero-order chi connectivity index (χ0) is 34.6. The minimum absolute atomic E-state index is 0.125. The second-order valence-corrected chi connectivity index (χ2v) is 19.0. The van der Waals surface area contributed by atoms with Crippen LogP contribution in [0.3, 0.4) is 0 Å². The topological polar surface area (TPSA) is 95.2 Å². The Morgan fingerprint density at radius 2 is 1.20 bits per heavy atom. The molecule has 266 valence electrons. The van der Waals surface area contributed by atoms with Gasteiger partial charge in [0.2, 0.25) is 0 Å². The number of rotatable bonds is 2. The van der Waals surface area contributed by atoms with Gasteiger partial charge >= 0.3 is 0 Å². The molecule has 4 N–H and O–H groups in total. The highest BCUT2D eigenvalue weighted by atomic mass is 79.9. The standard InChI is InChI=1S/C23H28N2OS.C18H23BrN2OS/c1-26-19-8-10-22(11-9-19)15-18-7-6-17(5-4-16-2-3-16)14-20(18)23(22)12-13-27-21(24)25-23;1-22-14-4-6-17(7-5-14)11-12-2-3-13(19)10-15(12)18(17)8-9-23-16(20)21-18/h6-7,14,16,19H,2-3,8-13,15H2,1H3,(H2,24,25);2-3,10,14H,4-9,11H2,1H3,(H2,20,21). The molecule has 9 rings (SSSR count). The lowest BCUT2D eigenvalue weighted by Gasteiger charge is -2.49. The van der Waals surface area contributed by atoms with Gasteiger partial charge in [0.25, 0.3) is 0 Å². The fourth-order valence-corrected chi connectivity index (χ4v) is 12.6. The van der Waals surface area contributed by atoms with E-state index in [0.29, 0.717) is 18.1 Å². The van der Waals surface area contributed by atoms with Crippen molar-refractivity contribution >= 4 is 49.8 Å². The monoisotopic (exact) mass is 774 g/mol. The molecule has 5 aliphatic carbocycles. The van der Waals surface area contributed by atoms with Crippen molar-refractivity contribution in [3.05, 3.63) is 68.7 Å². The number of halogens is 1. The maximum Gasteiger partial charge on any atom is 0.154 e. The maximum absolute atomic E-state index is 6.29. The van der Waals surface area contributed by atoms with Gasteiger partial charge in [-0.3, -0.25) is 9.98 Å². The number of aliphatic imine (C=N–C) groups is 2. The number of ether oxygens (including phenoxy) is 2. The number of nitrogens with zero attached hydrogens (tertiary/aromatic N) is 2. The van der Waals surface area contributed by atoms with Crippen LogP contribution in [0.5, 0.6) is 0 Å². The number of methoxy groups -OCH3 is 2. The summed E-state index contributed by atoms with van der Waals surface area (Å²) in [7, 11) is 3.69. The van der Waals surface area contributed by atoms with Gasteiger partial charge in [0.15, 0.2) is 10.3 Å². The molecule has 2 aliphatic heterocycles. The first-order chi connectivity index (χ1) is 24.2. The van der Waals surface area contributed by atoms with Crippen LogP contribution >= 0.6 is 39.5 Å². The third-order valence-electron chi connectivity index (χ3n) is 13.4. The van der Waals surface area contributed by atoms with Gasteiger partial charge in [-0.1, -0.05) is 63.4 Å². The molecular weight excluding hydrogens is 725 g/mol. The van der Waals surface area contributed by atoms with Crippen molar-refractivity contribution in [1.82, 2.24) is 0 Å². The molecule has 0 aromatic heterocycles. The van der Waals surface area contributed by atoms with E-state index < -0.39 is 0 Å². The largest absolute Gasteiger partial charge is 0.381 e. The highest BCUT2D eigenvalue weighted by molar-refractivity contribution is 9.10. The van der Waals surface area contributed by atoms with Crippen LogP contribution in [0.25, 0.3) is 0 Å². The molecule has 0 amide bonds. The lowest BCUT2D eigenvalue weighted by molar-refractivity contribution is -0.00440. The Kier molecular flexibility index (Phi) is 9.68. The molecule has 3 saturated carbocycles. The smallest absolute Gasteiger partial charge is 0.154 e. The Balaban J connectivity index is 0.000000146. The van der Waals surface area contributed by atoms with Crippen LogP contribution in [0.1, 0.15) is 105 Å². The predicted molar refractivity (Wildman–Crippen MR) is 212 cm³/mol. The quantitative estimate of drug-likeness (QED) is 0.298. The van der Waals surface area contributed by atoms with E-state index in [1.54, 1.807) is 23.5 Å². The van der Waals surface area contributed by atoms with Crippen molar-refractivity contribution in [3.63, 3.8) is 0 Å². The van der Waals surface area contributed by atoms with Crippen molar-refractivity contribution in [2.75, 3.05) is 25.7 Å². The van der Waals surface area contributed by atoms with Crippen LogP contribution in [-0.4, -0.2) is 48.3 Å². The molecule has 0 saturated heterocycles. The summed E-state index contributed by atoms with van der Waals surface area (Å²) in [6.45, 7) is 0. The zero-order valence-corrected chi connectivity index (χ0v) is 32.8. The van der Waals surface area contributed by atoms with Gasteiger partial charge in [-0.25, -0.2) is 0 Å². The average molecular weight is 776 g/mol. The highest BCUT2D eigenvalue weighted by Gasteiger charge is 2.60. The summed E-state index contributed by atoms with van der Waals surface area (Å²) in [4.78, 5) is 10.3. The lowest BCUT2D eigenvalue weighted by Crippen LogP contribution is -2.47. The van der Waals surface area contributed by atoms with Crippen molar-refractivity contribution < 1.29 is 9.47 Å². The normalized spacial score (nSPS) is 35.5. The van der Waals surface area contributed by atoms with E-state index in [0.717, 1.165) is 83.2 Å². The lowest BCUT2D eigenvalue weighted by atomic mass is 9.60. The van der Waals surface area contributed by atoms with Crippen molar-refractivity contribution in [1.29, 1.82) is 0 Å². The molecule has 2 aromatic carbocycles. The molecule has 2 atom stereocenters. The Labute approximate surface area is 315 Å². The molecule has 2 aromatic rings. The summed E-state index contributed by atoms with van der Waals surface area (Å²) in [6.07, 6.45) is 17.0. The van der Waals surface area contributed by atoms with E-state index in [1.807, 2.05) is 14.2 Å². The predicted octanol–water partition coefficient (Wildman–Crippen LogP) is 8.45. The molecule has 6 nitrogen and oxygen atoms in total. The van der Waals surface area contributed by atoms with E-state index in [9.17, 15) is 0 Å². The van der Waals surface area contributed by atoms with Gasteiger partial charge in [-0.2, -0.15) is 0 Å². The number of amidine groups is 2. The Morgan fingerprint density at radius 1 is 0.700 bits per heavy atom. The maximum atomic E-state index is 6.29. The molecule has 7 aliphatic rings. The molecule has 50 heavy (non-hydrogen) atoms. The molecule has 3 fully saturated rings. The summed E-state index contributed by atoms with van der Waals surface area (Å²) in [6, 6.07) is 13.6. The number of hydrogen-bond donors (Lipinski definition) is 2. The first kappa shape index (κ1) is 35.1. The molecule has 2 unspecified atom stereocenters. The van der Waals surface area contributed by atoms with Crippen LogP contribution in [0, 0.1) is 28.6 Å².